The molecule has 16 heavy (non-hydrogen) atoms. The summed E-state index contributed by atoms with van der Waals surface area (Å²) in [5, 5.41) is 3.12. The third-order valence-corrected chi connectivity index (χ3v) is 3.01. The number of hydrogen-bond acceptors (Lipinski definition) is 3. The zero-order valence-corrected chi connectivity index (χ0v) is 10.8. The molecule has 0 aliphatic rings. The van der Waals surface area contributed by atoms with Crippen molar-refractivity contribution in [2.24, 2.45) is 0 Å². The van der Waals surface area contributed by atoms with Gasteiger partial charge in [-0.1, -0.05) is 12.1 Å². The van der Waals surface area contributed by atoms with Crippen LogP contribution in [-0.4, -0.2) is 37.7 Å². The van der Waals surface area contributed by atoms with Gasteiger partial charge >= 0.3 is 0 Å². The molecule has 0 aliphatic carbocycles. The Hall–Kier alpha value is -1.00. The Balaban J connectivity index is 2.34. The molecule has 0 unspecified atom stereocenters. The van der Waals surface area contributed by atoms with Crippen LogP contribution >= 0.6 is 11.8 Å². The molecule has 0 saturated carbocycles. The Labute approximate surface area is 101 Å². The maximum atomic E-state index is 11.3. The van der Waals surface area contributed by atoms with Gasteiger partial charge in [-0.15, -0.1) is 11.8 Å². The molecule has 1 N–H and O–H groups in total. The van der Waals surface area contributed by atoms with Crippen molar-refractivity contribution in [3.8, 4) is 0 Å². The van der Waals surface area contributed by atoms with E-state index in [1.54, 1.807) is 30.8 Å². The van der Waals surface area contributed by atoms with Crippen molar-refractivity contribution < 1.29 is 4.79 Å². The monoisotopic (exact) mass is 238 g/mol. The second kappa shape index (κ2) is 6.55. The first-order valence-corrected chi connectivity index (χ1v) is 6.39. The fourth-order valence-electron chi connectivity index (χ4n) is 1.22. The van der Waals surface area contributed by atoms with E-state index in [4.69, 9.17) is 0 Å². The molecule has 0 bridgehead atoms. The molecule has 1 amide bonds. The molecule has 88 valence electrons. The zero-order chi connectivity index (χ0) is 12.0. The Morgan fingerprint density at radius 2 is 1.94 bits per heavy atom. The van der Waals surface area contributed by atoms with Crippen molar-refractivity contribution >= 4 is 17.7 Å². The Morgan fingerprint density at radius 1 is 1.31 bits per heavy atom. The average molecular weight is 238 g/mol. The number of hydrogen-bond donors (Lipinski definition) is 1. The molecule has 0 spiro atoms. The van der Waals surface area contributed by atoms with Crippen LogP contribution in [-0.2, 0) is 11.3 Å². The molecule has 1 rings (SSSR count). The van der Waals surface area contributed by atoms with Gasteiger partial charge in [0.05, 0.1) is 6.54 Å². The summed E-state index contributed by atoms with van der Waals surface area (Å²) in [5.41, 5.74) is 1.20. The smallest absolute Gasteiger partial charge is 0.236 e. The number of amides is 1. The molecule has 0 radical (unpaired) electrons. The van der Waals surface area contributed by atoms with Crippen LogP contribution < -0.4 is 5.32 Å². The number of carbonyl (C=O) groups excluding carboxylic acids is 1. The first kappa shape index (κ1) is 13.1. The third kappa shape index (κ3) is 4.24. The van der Waals surface area contributed by atoms with E-state index >= 15 is 0 Å². The molecule has 4 heteroatoms. The van der Waals surface area contributed by atoms with E-state index in [-0.39, 0.29) is 5.91 Å². The van der Waals surface area contributed by atoms with Crippen molar-refractivity contribution in [1.82, 2.24) is 10.2 Å². The SMILES string of the molecule is CSc1ccc(CNCC(=O)N(C)C)cc1. The maximum Gasteiger partial charge on any atom is 0.236 e. The average Bonchev–Trinajstić information content (AvgIpc) is 2.29. The molecule has 0 heterocycles. The molecular formula is C12H18N2OS. The van der Waals surface area contributed by atoms with Gasteiger partial charge < -0.3 is 10.2 Å². The van der Waals surface area contributed by atoms with Crippen LogP contribution in [0.3, 0.4) is 0 Å². The van der Waals surface area contributed by atoms with Crippen LogP contribution in [0.25, 0.3) is 0 Å². The van der Waals surface area contributed by atoms with Crippen LogP contribution in [0.5, 0.6) is 0 Å². The molecule has 1 aromatic carbocycles. The van der Waals surface area contributed by atoms with E-state index < -0.39 is 0 Å². The summed E-state index contributed by atoms with van der Waals surface area (Å²) in [6, 6.07) is 8.35. The van der Waals surface area contributed by atoms with Crippen LogP contribution in [0.4, 0.5) is 0 Å². The number of carbonyl (C=O) groups is 1. The van der Waals surface area contributed by atoms with Gasteiger partial charge in [-0.3, -0.25) is 4.79 Å². The van der Waals surface area contributed by atoms with Crippen molar-refractivity contribution in [1.29, 1.82) is 0 Å². The van der Waals surface area contributed by atoms with Crippen LogP contribution in [0, 0.1) is 0 Å². The van der Waals surface area contributed by atoms with Gasteiger partial charge in [0.1, 0.15) is 0 Å². The Bertz CT molecular complexity index is 335. The third-order valence-electron chi connectivity index (χ3n) is 2.26. The maximum absolute atomic E-state index is 11.3. The van der Waals surface area contributed by atoms with Gasteiger partial charge in [-0.25, -0.2) is 0 Å². The minimum Gasteiger partial charge on any atom is -0.348 e. The predicted molar refractivity (Wildman–Crippen MR) is 68.6 cm³/mol. The number of rotatable bonds is 5. The van der Waals surface area contributed by atoms with Crippen LogP contribution in [0.2, 0.25) is 0 Å². The van der Waals surface area contributed by atoms with Gasteiger partial charge in [-0.2, -0.15) is 0 Å². The first-order chi connectivity index (χ1) is 7.63. The van der Waals surface area contributed by atoms with E-state index in [1.165, 1.54) is 10.5 Å². The Kier molecular flexibility index (Phi) is 5.35. The minimum absolute atomic E-state index is 0.0979. The van der Waals surface area contributed by atoms with Gasteiger partial charge in [0.25, 0.3) is 0 Å². The highest BCUT2D eigenvalue weighted by Crippen LogP contribution is 2.14. The summed E-state index contributed by atoms with van der Waals surface area (Å²) in [4.78, 5) is 14.1. The summed E-state index contributed by atoms with van der Waals surface area (Å²) in [5.74, 6) is 0.0979. The molecule has 0 saturated heterocycles. The van der Waals surface area contributed by atoms with Crippen molar-refractivity contribution in [2.75, 3.05) is 26.9 Å². The molecule has 1 aromatic rings. The quantitative estimate of drug-likeness (QED) is 0.791. The van der Waals surface area contributed by atoms with Crippen LogP contribution in [0.15, 0.2) is 29.2 Å². The highest BCUT2D eigenvalue weighted by atomic mass is 32.2. The fourth-order valence-corrected chi connectivity index (χ4v) is 1.62. The van der Waals surface area contributed by atoms with Gasteiger partial charge in [-0.05, 0) is 24.0 Å². The zero-order valence-electron chi connectivity index (χ0n) is 9.99. The fraction of sp³-hybridized carbons (Fsp3) is 0.417. The summed E-state index contributed by atoms with van der Waals surface area (Å²) >= 11 is 1.73. The normalized spacial score (nSPS) is 10.2. The molecule has 0 aliphatic heterocycles. The lowest BCUT2D eigenvalue weighted by atomic mass is 10.2. The minimum atomic E-state index is 0.0979. The number of thioether (sulfide) groups is 1. The molecule has 0 atom stereocenters. The standard InChI is InChI=1S/C12H18N2OS/c1-14(2)12(15)9-13-8-10-4-6-11(16-3)7-5-10/h4-7,13H,8-9H2,1-3H3. The van der Waals surface area contributed by atoms with E-state index in [1.807, 2.05) is 0 Å². The van der Waals surface area contributed by atoms with Crippen LogP contribution in [0.1, 0.15) is 5.56 Å². The summed E-state index contributed by atoms with van der Waals surface area (Å²) < 4.78 is 0. The predicted octanol–water partition coefficient (Wildman–Crippen LogP) is 1.59. The van der Waals surface area contributed by atoms with Crippen molar-refractivity contribution in [3.63, 3.8) is 0 Å². The second-order valence-electron chi connectivity index (χ2n) is 3.74. The summed E-state index contributed by atoms with van der Waals surface area (Å²) in [7, 11) is 3.52. The largest absolute Gasteiger partial charge is 0.348 e. The van der Waals surface area contributed by atoms with E-state index in [0.717, 1.165) is 6.54 Å². The highest BCUT2D eigenvalue weighted by Gasteiger charge is 2.02. The number of benzene rings is 1. The first-order valence-electron chi connectivity index (χ1n) is 5.17. The topological polar surface area (TPSA) is 32.3 Å². The van der Waals surface area contributed by atoms with E-state index in [0.29, 0.717) is 6.54 Å². The lowest BCUT2D eigenvalue weighted by Gasteiger charge is -2.10. The Morgan fingerprint density at radius 3 is 2.44 bits per heavy atom. The van der Waals surface area contributed by atoms with Crippen molar-refractivity contribution in [2.45, 2.75) is 11.4 Å². The number of nitrogens with one attached hydrogen (secondary N) is 1. The number of likely N-dealkylation sites (N-methyl/N-ethyl adjacent to an activating group) is 1. The van der Waals surface area contributed by atoms with E-state index in [2.05, 4.69) is 35.8 Å². The summed E-state index contributed by atoms with van der Waals surface area (Å²) in [6.07, 6.45) is 2.06. The van der Waals surface area contributed by atoms with Gasteiger partial charge in [0.15, 0.2) is 0 Å². The van der Waals surface area contributed by atoms with Gasteiger partial charge in [0, 0.05) is 25.5 Å². The molecule has 3 nitrogen and oxygen atoms in total. The second-order valence-corrected chi connectivity index (χ2v) is 4.62. The number of nitrogens with zero attached hydrogens (tertiary/aromatic N) is 1. The van der Waals surface area contributed by atoms with E-state index in [9.17, 15) is 4.79 Å². The van der Waals surface area contributed by atoms with Gasteiger partial charge in [0.2, 0.25) is 5.91 Å². The lowest BCUT2D eigenvalue weighted by Crippen LogP contribution is -2.32. The molecule has 0 fully saturated rings. The summed E-state index contributed by atoms with van der Waals surface area (Å²) in [6.45, 7) is 1.12. The van der Waals surface area contributed by atoms with Crippen molar-refractivity contribution in [3.05, 3.63) is 29.8 Å². The highest BCUT2D eigenvalue weighted by molar-refractivity contribution is 7.98. The molecule has 0 aromatic heterocycles. The lowest BCUT2D eigenvalue weighted by molar-refractivity contribution is -0.127. The molecular weight excluding hydrogens is 220 g/mol.